The average Bonchev–Trinajstić information content (AvgIpc) is 2.82. The van der Waals surface area contributed by atoms with Gasteiger partial charge in [-0.2, -0.15) is 12.8 Å². The van der Waals surface area contributed by atoms with Crippen molar-refractivity contribution in [3.8, 4) is 11.5 Å². The maximum Gasteiger partial charge on any atom is 0.513 e. The van der Waals surface area contributed by atoms with Crippen LogP contribution >= 0.6 is 23.2 Å². The zero-order chi connectivity index (χ0) is 29.5. The lowest BCUT2D eigenvalue weighted by atomic mass is 10.3. The second kappa shape index (κ2) is 17.1. The summed E-state index contributed by atoms with van der Waals surface area (Å²) in [7, 11) is -2.30. The lowest BCUT2D eigenvalue weighted by Gasteiger charge is -2.04. The number of methoxy groups -OCH3 is 2. The van der Waals surface area contributed by atoms with Gasteiger partial charge in [-0.05, 0) is 18.2 Å². The second-order valence-electron chi connectivity index (χ2n) is 5.40. The smallest absolute Gasteiger partial charge is 0.437 e. The Bertz CT molecular complexity index is 1210. The van der Waals surface area contributed by atoms with Gasteiger partial charge < -0.3 is 18.9 Å². The molecular formula is C16H14Cl2F2N2O15S. The number of rotatable bonds is 7. The van der Waals surface area contributed by atoms with E-state index < -0.39 is 45.0 Å². The van der Waals surface area contributed by atoms with Crippen molar-refractivity contribution in [3.05, 3.63) is 62.1 Å². The van der Waals surface area contributed by atoms with E-state index in [9.17, 15) is 36.9 Å². The topological polar surface area (TPSA) is 229 Å². The summed E-state index contributed by atoms with van der Waals surface area (Å²) in [4.78, 5) is 30.8. The Morgan fingerprint density at radius 2 is 1.53 bits per heavy atom. The Labute approximate surface area is 220 Å². The minimum atomic E-state index is -4.52. The van der Waals surface area contributed by atoms with Crippen LogP contribution in [-0.2, 0) is 33.5 Å². The molecule has 0 saturated carbocycles. The first-order valence-electron chi connectivity index (χ1n) is 8.63. The fraction of sp³-hybridized carbons (Fsp3) is 0.125. The first-order chi connectivity index (χ1) is 17.7. The largest absolute Gasteiger partial charge is 0.513 e. The van der Waals surface area contributed by atoms with Crippen LogP contribution in [0.5, 0.6) is 11.5 Å². The highest BCUT2D eigenvalue weighted by molar-refractivity contribution is 7.81. The molecule has 0 aliphatic heterocycles. The van der Waals surface area contributed by atoms with Crippen LogP contribution in [-0.4, -0.2) is 50.3 Å². The van der Waals surface area contributed by atoms with Gasteiger partial charge in [-0.25, -0.2) is 19.2 Å². The molecule has 0 aromatic heterocycles. The summed E-state index contributed by atoms with van der Waals surface area (Å²) in [6.07, 6.45) is -2.00. The number of nitro groups is 1. The van der Waals surface area contributed by atoms with Crippen molar-refractivity contribution < 1.29 is 74.8 Å². The lowest BCUT2D eigenvalue weighted by Crippen LogP contribution is -2.18. The van der Waals surface area contributed by atoms with Gasteiger partial charge in [0.15, 0.2) is 11.5 Å². The maximum atomic E-state index is 13.0. The van der Waals surface area contributed by atoms with E-state index in [0.717, 1.165) is 24.9 Å². The Hall–Kier alpha value is -3.47. The van der Waals surface area contributed by atoms with E-state index in [-0.39, 0.29) is 21.5 Å². The summed E-state index contributed by atoms with van der Waals surface area (Å²) in [6.45, 7) is 0. The van der Waals surface area contributed by atoms with Crippen LogP contribution in [0.15, 0.2) is 30.3 Å². The van der Waals surface area contributed by atoms with Crippen LogP contribution < -0.4 is 15.1 Å². The van der Waals surface area contributed by atoms with Crippen LogP contribution in [0.1, 0.15) is 0 Å². The van der Waals surface area contributed by atoms with Crippen molar-refractivity contribution in [2.75, 3.05) is 14.2 Å². The van der Waals surface area contributed by atoms with E-state index in [1.54, 1.807) is 0 Å². The number of hydrogen-bond acceptors (Lipinski definition) is 16. The Balaban J connectivity index is 0.000000564. The normalized spacial score (nSPS) is 10.1. The van der Waals surface area contributed by atoms with Crippen molar-refractivity contribution in [1.29, 1.82) is 0 Å². The molecule has 3 N–H and O–H groups in total. The lowest BCUT2D eigenvalue weighted by molar-refractivity contribution is -0.441. The molecule has 0 bridgehead atoms. The third-order valence-corrected chi connectivity index (χ3v) is 4.16. The van der Waals surface area contributed by atoms with Crippen LogP contribution in [0.4, 0.5) is 24.1 Å². The Morgan fingerprint density at radius 1 is 1.00 bits per heavy atom. The van der Waals surface area contributed by atoms with E-state index in [2.05, 4.69) is 32.6 Å². The third kappa shape index (κ3) is 13.2. The number of nitro benzene ring substituents is 1. The van der Waals surface area contributed by atoms with Crippen LogP contribution in [0, 0.1) is 21.7 Å². The molecule has 22 heteroatoms. The summed E-state index contributed by atoms with van der Waals surface area (Å²) in [5.74, 6) is -1.90. The van der Waals surface area contributed by atoms with Gasteiger partial charge >= 0.3 is 28.4 Å². The van der Waals surface area contributed by atoms with Gasteiger partial charge in [-0.3, -0.25) is 15.3 Å². The predicted molar refractivity (Wildman–Crippen MR) is 115 cm³/mol. The number of benzene rings is 2. The van der Waals surface area contributed by atoms with Gasteiger partial charge in [-0.1, -0.05) is 38.2 Å². The zero-order valence-corrected chi connectivity index (χ0v) is 20.8. The second-order valence-corrected chi connectivity index (χ2v) is 7.34. The van der Waals surface area contributed by atoms with E-state index >= 15 is 0 Å². The van der Waals surface area contributed by atoms with Gasteiger partial charge in [-0.15, -0.1) is 4.28 Å². The molecule has 2 aromatic carbocycles. The number of hydrogen-bond donors (Lipinski definition) is 3. The molecule has 0 heterocycles. The van der Waals surface area contributed by atoms with Crippen molar-refractivity contribution in [2.45, 2.75) is 0 Å². The number of nitrogens with zero attached hydrogens (tertiary/aromatic N) is 1. The van der Waals surface area contributed by atoms with E-state index in [1.165, 1.54) is 13.2 Å². The molecular weight excluding hydrogens is 601 g/mol. The molecule has 0 aliphatic carbocycles. The quantitative estimate of drug-likeness (QED) is 0.132. The fourth-order valence-corrected chi connectivity index (χ4v) is 2.24. The number of halogens is 4. The average molecular weight is 615 g/mol. The molecule has 0 saturated heterocycles. The molecule has 0 fully saturated rings. The standard InChI is InChI=1S/C8H5ClFNO5.C8H6ClFO3.H3NO7S/c1-15-8(12)16-7-3-6(11(13)14)5(10)2-4(7)9;1-12-8(11)13-7-3-2-5(10)4-6(7)9;2-1-6-9(4,5)8-7-3/h2-3H,1H3;2-4H,1H3;1-3H. The minimum absolute atomic E-state index is 0.0189. The fourth-order valence-electron chi connectivity index (χ4n) is 1.65. The molecule has 2 aromatic rings. The number of carbonyl (C=O) groups excluding carboxylic acids is 2. The summed E-state index contributed by atoms with van der Waals surface area (Å²) in [6, 6.07) is 4.80. The van der Waals surface area contributed by atoms with Crippen molar-refractivity contribution in [3.63, 3.8) is 0 Å². The molecule has 0 radical (unpaired) electrons. The molecule has 38 heavy (non-hydrogen) atoms. The number of carbonyl (C=O) groups is 2. The molecule has 0 aliphatic rings. The molecule has 0 amide bonds. The number of nitrogens with one attached hydrogen (secondary N) is 1. The Morgan fingerprint density at radius 3 is 1.97 bits per heavy atom. The SMILES string of the molecule is COC(=O)Oc1cc([N+](=O)[O-])c(F)cc1Cl.COC(=O)Oc1ccc(F)cc1Cl.O=S(=O)(ONO)OOO. The van der Waals surface area contributed by atoms with Gasteiger partial charge in [0.1, 0.15) is 5.82 Å². The van der Waals surface area contributed by atoms with Crippen LogP contribution in [0.25, 0.3) is 0 Å². The summed E-state index contributed by atoms with van der Waals surface area (Å²) < 4.78 is 69.0. The van der Waals surface area contributed by atoms with E-state index in [1.807, 2.05) is 0 Å². The molecule has 17 nitrogen and oxygen atoms in total. The molecule has 2 rings (SSSR count). The molecule has 0 spiro atoms. The van der Waals surface area contributed by atoms with Gasteiger partial charge in [0.25, 0.3) is 0 Å². The van der Waals surface area contributed by atoms with Gasteiger partial charge in [0, 0.05) is 6.07 Å². The molecule has 0 unspecified atom stereocenters. The highest BCUT2D eigenvalue weighted by Crippen LogP contribution is 2.31. The Kier molecular flexibility index (Phi) is 15.6. The molecule has 0 atom stereocenters. The highest BCUT2D eigenvalue weighted by atomic mass is 35.5. The minimum Gasteiger partial charge on any atom is -0.437 e. The summed E-state index contributed by atoms with van der Waals surface area (Å²) >= 11 is 11.1. The monoisotopic (exact) mass is 614 g/mol. The summed E-state index contributed by atoms with van der Waals surface area (Å²) in [5.41, 5.74) is -0.0555. The van der Waals surface area contributed by atoms with Crippen LogP contribution in [0.2, 0.25) is 10.0 Å². The maximum absolute atomic E-state index is 13.0. The van der Waals surface area contributed by atoms with Crippen molar-refractivity contribution in [2.24, 2.45) is 0 Å². The van der Waals surface area contributed by atoms with Crippen molar-refractivity contribution in [1.82, 2.24) is 5.64 Å². The zero-order valence-electron chi connectivity index (χ0n) is 18.5. The summed E-state index contributed by atoms with van der Waals surface area (Å²) in [5, 5.41) is 27.7. The van der Waals surface area contributed by atoms with Gasteiger partial charge in [0.2, 0.25) is 5.82 Å². The number of ether oxygens (including phenoxy) is 4. The van der Waals surface area contributed by atoms with E-state index in [0.29, 0.717) is 12.1 Å². The van der Waals surface area contributed by atoms with Gasteiger partial charge in [0.05, 0.1) is 35.3 Å². The predicted octanol–water partition coefficient (Wildman–Crippen LogP) is 3.72. The van der Waals surface area contributed by atoms with Crippen molar-refractivity contribution >= 4 is 51.6 Å². The van der Waals surface area contributed by atoms with E-state index in [4.69, 9.17) is 33.7 Å². The first kappa shape index (κ1) is 34.5. The van der Waals surface area contributed by atoms with Crippen LogP contribution in [0.3, 0.4) is 0 Å². The molecule has 212 valence electrons. The highest BCUT2D eigenvalue weighted by Gasteiger charge is 2.20. The first-order valence-corrected chi connectivity index (χ1v) is 10.7. The third-order valence-electron chi connectivity index (χ3n) is 3.06.